The van der Waals surface area contributed by atoms with E-state index in [9.17, 15) is 12.8 Å². The first kappa shape index (κ1) is 19.6. The molecule has 0 aliphatic carbocycles. The molecule has 1 heterocycles. The van der Waals surface area contributed by atoms with E-state index >= 15 is 0 Å². The van der Waals surface area contributed by atoms with E-state index in [4.69, 9.17) is 16.7 Å². The van der Waals surface area contributed by atoms with Crippen LogP contribution < -0.4 is 0 Å². The number of hydrogen-bond acceptors (Lipinski definition) is 4. The van der Waals surface area contributed by atoms with Crippen LogP contribution >= 0.6 is 11.6 Å². The Hall–Kier alpha value is -0.730. The zero-order valence-corrected chi connectivity index (χ0v) is 15.4. The van der Waals surface area contributed by atoms with Crippen molar-refractivity contribution < 1.29 is 17.9 Å². The van der Waals surface area contributed by atoms with Crippen LogP contribution in [0.2, 0.25) is 5.02 Å². The van der Waals surface area contributed by atoms with E-state index in [0.717, 1.165) is 32.0 Å². The Labute approximate surface area is 148 Å². The fourth-order valence-corrected chi connectivity index (χ4v) is 4.64. The van der Waals surface area contributed by atoms with Gasteiger partial charge in [-0.05, 0) is 49.1 Å². The lowest BCUT2D eigenvalue weighted by molar-refractivity contribution is 0.132. The molecule has 0 bridgehead atoms. The van der Waals surface area contributed by atoms with Crippen molar-refractivity contribution in [1.82, 2.24) is 9.21 Å². The van der Waals surface area contributed by atoms with Gasteiger partial charge in [0.15, 0.2) is 0 Å². The van der Waals surface area contributed by atoms with Crippen LogP contribution in [0, 0.1) is 11.7 Å². The highest BCUT2D eigenvalue weighted by atomic mass is 35.5. The number of β-amino-alcohol motifs (C(OH)–C–C–N with tert-alkyl or cyclic N) is 1. The second kappa shape index (κ2) is 8.58. The molecular formula is C16H24ClFN2O3S. The molecule has 0 amide bonds. The maximum absolute atomic E-state index is 13.3. The van der Waals surface area contributed by atoms with Gasteiger partial charge in [0.2, 0.25) is 10.0 Å². The minimum Gasteiger partial charge on any atom is -0.395 e. The number of benzene rings is 1. The van der Waals surface area contributed by atoms with Crippen LogP contribution in [-0.2, 0) is 15.8 Å². The highest BCUT2D eigenvalue weighted by molar-refractivity contribution is 7.88. The fourth-order valence-electron chi connectivity index (χ4n) is 3.08. The molecule has 1 unspecified atom stereocenters. The second-order valence-electron chi connectivity index (χ2n) is 6.30. The van der Waals surface area contributed by atoms with Gasteiger partial charge in [0.1, 0.15) is 5.82 Å². The molecule has 5 nitrogen and oxygen atoms in total. The van der Waals surface area contributed by atoms with Crippen molar-refractivity contribution in [3.05, 3.63) is 34.6 Å². The van der Waals surface area contributed by atoms with Gasteiger partial charge in [0.05, 0.1) is 12.4 Å². The summed E-state index contributed by atoms with van der Waals surface area (Å²) in [6.45, 7) is 2.86. The summed E-state index contributed by atoms with van der Waals surface area (Å²) in [5.41, 5.74) is 0.272. The third-order valence-corrected chi connectivity index (χ3v) is 6.50. The lowest BCUT2D eigenvalue weighted by Gasteiger charge is -2.34. The van der Waals surface area contributed by atoms with Crippen molar-refractivity contribution in [2.75, 3.05) is 39.8 Å². The summed E-state index contributed by atoms with van der Waals surface area (Å²) in [6.07, 6.45) is 1.96. The average molecular weight is 379 g/mol. The molecule has 2 rings (SSSR count). The van der Waals surface area contributed by atoms with Crippen molar-refractivity contribution >= 4 is 21.6 Å². The van der Waals surface area contributed by atoms with Crippen molar-refractivity contribution in [3.8, 4) is 0 Å². The highest BCUT2D eigenvalue weighted by Gasteiger charge is 2.26. The molecule has 24 heavy (non-hydrogen) atoms. The molecule has 1 aliphatic heterocycles. The Kier molecular flexibility index (Phi) is 7.00. The SMILES string of the molecule is CN(CC1CCCN(CCO)C1)S(=O)(=O)Cc1cc(F)ccc1Cl. The molecular weight excluding hydrogens is 355 g/mol. The van der Waals surface area contributed by atoms with Crippen LogP contribution in [0.1, 0.15) is 18.4 Å². The quantitative estimate of drug-likeness (QED) is 0.787. The zero-order valence-electron chi connectivity index (χ0n) is 13.8. The third-order valence-electron chi connectivity index (χ3n) is 4.36. The maximum Gasteiger partial charge on any atom is 0.218 e. The van der Waals surface area contributed by atoms with Gasteiger partial charge in [0.25, 0.3) is 0 Å². The summed E-state index contributed by atoms with van der Waals surface area (Å²) >= 11 is 5.97. The largest absolute Gasteiger partial charge is 0.395 e. The summed E-state index contributed by atoms with van der Waals surface area (Å²) in [5.74, 6) is -0.583. The van der Waals surface area contributed by atoms with Gasteiger partial charge in [-0.1, -0.05) is 11.6 Å². The lowest BCUT2D eigenvalue weighted by atomic mass is 9.98. The summed E-state index contributed by atoms with van der Waals surface area (Å²) in [6, 6.07) is 3.74. The molecule has 1 aromatic rings. The number of halogens is 2. The van der Waals surface area contributed by atoms with Crippen LogP contribution in [0.3, 0.4) is 0 Å². The minimum atomic E-state index is -3.57. The maximum atomic E-state index is 13.3. The molecule has 1 atom stereocenters. The number of aliphatic hydroxyl groups is 1. The van der Waals surface area contributed by atoms with Crippen molar-refractivity contribution in [2.45, 2.75) is 18.6 Å². The number of nitrogens with zero attached hydrogens (tertiary/aromatic N) is 2. The predicted molar refractivity (Wildman–Crippen MR) is 92.9 cm³/mol. The molecule has 136 valence electrons. The van der Waals surface area contributed by atoms with E-state index in [1.165, 1.54) is 16.4 Å². The molecule has 1 fully saturated rings. The molecule has 0 radical (unpaired) electrons. The van der Waals surface area contributed by atoms with E-state index in [2.05, 4.69) is 4.90 Å². The number of aliphatic hydroxyl groups excluding tert-OH is 1. The molecule has 0 spiro atoms. The summed E-state index contributed by atoms with van der Waals surface area (Å²) in [7, 11) is -2.02. The van der Waals surface area contributed by atoms with Crippen molar-refractivity contribution in [2.24, 2.45) is 5.92 Å². The summed E-state index contributed by atoms with van der Waals surface area (Å²) in [4.78, 5) is 2.15. The van der Waals surface area contributed by atoms with Crippen molar-refractivity contribution in [1.29, 1.82) is 0 Å². The third kappa shape index (κ3) is 5.39. The monoisotopic (exact) mass is 378 g/mol. The summed E-state index contributed by atoms with van der Waals surface area (Å²) < 4.78 is 39.7. The highest BCUT2D eigenvalue weighted by Crippen LogP contribution is 2.23. The number of piperidine rings is 1. The lowest BCUT2D eigenvalue weighted by Crippen LogP contribution is -2.42. The van der Waals surface area contributed by atoms with E-state index in [-0.39, 0.29) is 28.9 Å². The van der Waals surface area contributed by atoms with Gasteiger partial charge < -0.3 is 10.0 Å². The number of likely N-dealkylation sites (tertiary alicyclic amines) is 1. The predicted octanol–water partition coefficient (Wildman–Crippen LogP) is 1.94. The number of sulfonamides is 1. The molecule has 1 aromatic carbocycles. The Morgan fingerprint density at radius 3 is 2.92 bits per heavy atom. The number of rotatable bonds is 7. The number of hydrogen-bond donors (Lipinski definition) is 1. The average Bonchev–Trinajstić information content (AvgIpc) is 2.51. The van der Waals surface area contributed by atoms with Crippen LogP contribution in [0.5, 0.6) is 0 Å². The smallest absolute Gasteiger partial charge is 0.218 e. The van der Waals surface area contributed by atoms with E-state index in [1.54, 1.807) is 7.05 Å². The standard InChI is InChI=1S/C16H24ClFN2O3S/c1-19(10-13-3-2-6-20(11-13)7-8-21)24(22,23)12-14-9-15(18)4-5-16(14)17/h4-5,9,13,21H,2-3,6-8,10-12H2,1H3. The minimum absolute atomic E-state index is 0.110. The summed E-state index contributed by atoms with van der Waals surface area (Å²) in [5, 5.41) is 9.29. The Bertz CT molecular complexity index is 655. The van der Waals surface area contributed by atoms with Gasteiger partial charge in [-0.2, -0.15) is 0 Å². The van der Waals surface area contributed by atoms with Crippen LogP contribution in [0.4, 0.5) is 4.39 Å². The second-order valence-corrected chi connectivity index (χ2v) is 8.79. The molecule has 8 heteroatoms. The molecule has 0 aromatic heterocycles. The van der Waals surface area contributed by atoms with Gasteiger partial charge in [0, 0.05) is 31.7 Å². The Balaban J connectivity index is 1.99. The first-order valence-electron chi connectivity index (χ1n) is 8.03. The topological polar surface area (TPSA) is 60.9 Å². The molecule has 1 saturated heterocycles. The molecule has 1 aliphatic rings. The normalized spacial score (nSPS) is 19.8. The van der Waals surface area contributed by atoms with Crippen molar-refractivity contribution in [3.63, 3.8) is 0 Å². The molecule has 1 N–H and O–H groups in total. The van der Waals surface area contributed by atoms with E-state index in [1.807, 2.05) is 0 Å². The Morgan fingerprint density at radius 1 is 1.46 bits per heavy atom. The Morgan fingerprint density at radius 2 is 2.21 bits per heavy atom. The van der Waals surface area contributed by atoms with Gasteiger partial charge in [-0.25, -0.2) is 17.1 Å². The van der Waals surface area contributed by atoms with E-state index in [0.29, 0.717) is 13.1 Å². The first-order chi connectivity index (χ1) is 11.3. The zero-order chi connectivity index (χ0) is 17.7. The van der Waals surface area contributed by atoms with E-state index < -0.39 is 15.8 Å². The van der Waals surface area contributed by atoms with Crippen LogP contribution in [0.25, 0.3) is 0 Å². The fraction of sp³-hybridized carbons (Fsp3) is 0.625. The van der Waals surface area contributed by atoms with Gasteiger partial charge in [-0.3, -0.25) is 0 Å². The van der Waals surface area contributed by atoms with Gasteiger partial charge >= 0.3 is 0 Å². The van der Waals surface area contributed by atoms with Crippen LogP contribution in [-0.4, -0.2) is 62.6 Å². The molecule has 0 saturated carbocycles. The van der Waals surface area contributed by atoms with Gasteiger partial charge in [-0.15, -0.1) is 0 Å². The first-order valence-corrected chi connectivity index (χ1v) is 10.0. The van der Waals surface area contributed by atoms with Crippen LogP contribution in [0.15, 0.2) is 18.2 Å².